The monoisotopic (exact) mass is 426 g/mol. The number of piperidine rings is 1. The second-order valence-electron chi connectivity index (χ2n) is 9.00. The molecule has 3 saturated heterocycles. The van der Waals surface area contributed by atoms with Crippen LogP contribution in [0.5, 0.6) is 0 Å². The molecule has 7 heteroatoms. The summed E-state index contributed by atoms with van der Waals surface area (Å²) in [5, 5.41) is 3.02. The van der Waals surface area contributed by atoms with Crippen molar-refractivity contribution in [3.63, 3.8) is 0 Å². The molecule has 31 heavy (non-hydrogen) atoms. The average Bonchev–Trinajstić information content (AvgIpc) is 3.07. The molecule has 0 bridgehead atoms. The zero-order chi connectivity index (χ0) is 21.6. The minimum atomic E-state index is -0.288. The van der Waals surface area contributed by atoms with Crippen LogP contribution in [0.25, 0.3) is 0 Å². The van der Waals surface area contributed by atoms with E-state index in [1.165, 1.54) is 25.7 Å². The van der Waals surface area contributed by atoms with Gasteiger partial charge in [0.1, 0.15) is 12.6 Å². The number of piperazine rings is 1. The van der Waals surface area contributed by atoms with Crippen molar-refractivity contribution in [3.8, 4) is 0 Å². The van der Waals surface area contributed by atoms with Crippen LogP contribution in [-0.4, -0.2) is 77.7 Å². The van der Waals surface area contributed by atoms with Crippen molar-refractivity contribution in [1.82, 2.24) is 20.0 Å². The van der Waals surface area contributed by atoms with Gasteiger partial charge in [0, 0.05) is 31.7 Å². The van der Waals surface area contributed by atoms with Gasteiger partial charge in [-0.1, -0.05) is 25.0 Å². The molecule has 0 radical (unpaired) electrons. The van der Waals surface area contributed by atoms with Gasteiger partial charge in [0.2, 0.25) is 11.8 Å². The standard InChI is InChI=1S/C24H34N4O3/c29-22-18-27(24(31)21-7-3-6-15-28(21)22)17-19-8-10-20(11-9-19)23(30)25-12-16-26-13-4-1-2-5-14-26/h8-11,21H,1-7,12-18H2,(H,25,30)/t21-/m0/s1. The van der Waals surface area contributed by atoms with Crippen molar-refractivity contribution in [2.45, 2.75) is 57.5 Å². The molecule has 4 rings (SSSR count). The molecule has 3 fully saturated rings. The zero-order valence-corrected chi connectivity index (χ0v) is 18.4. The van der Waals surface area contributed by atoms with Gasteiger partial charge >= 0.3 is 0 Å². The molecule has 1 aromatic rings. The van der Waals surface area contributed by atoms with Crippen LogP contribution in [0.3, 0.4) is 0 Å². The lowest BCUT2D eigenvalue weighted by Crippen LogP contribution is -2.60. The number of carbonyl (C=O) groups excluding carboxylic acids is 3. The number of amides is 3. The van der Waals surface area contributed by atoms with Crippen LogP contribution in [0.15, 0.2) is 24.3 Å². The highest BCUT2D eigenvalue weighted by molar-refractivity contribution is 5.95. The third-order valence-corrected chi connectivity index (χ3v) is 6.75. The van der Waals surface area contributed by atoms with E-state index in [2.05, 4.69) is 10.2 Å². The highest BCUT2D eigenvalue weighted by Crippen LogP contribution is 2.24. The van der Waals surface area contributed by atoms with E-state index in [1.807, 2.05) is 12.1 Å². The lowest BCUT2D eigenvalue weighted by Gasteiger charge is -2.42. The van der Waals surface area contributed by atoms with Crippen molar-refractivity contribution in [3.05, 3.63) is 35.4 Å². The van der Waals surface area contributed by atoms with E-state index < -0.39 is 0 Å². The van der Waals surface area contributed by atoms with Crippen molar-refractivity contribution in [1.29, 1.82) is 0 Å². The molecule has 1 N–H and O–H groups in total. The summed E-state index contributed by atoms with van der Waals surface area (Å²) in [7, 11) is 0. The van der Waals surface area contributed by atoms with Gasteiger partial charge in [0.05, 0.1) is 0 Å². The third-order valence-electron chi connectivity index (χ3n) is 6.75. The Kier molecular flexibility index (Phi) is 7.22. The number of benzene rings is 1. The SMILES string of the molecule is O=C(NCCN1CCCCCC1)c1ccc(CN2CC(=O)N3CCCC[C@H]3C2=O)cc1. The van der Waals surface area contributed by atoms with Crippen LogP contribution >= 0.6 is 0 Å². The minimum absolute atomic E-state index is 0.0460. The molecule has 3 aliphatic rings. The molecule has 0 aromatic heterocycles. The van der Waals surface area contributed by atoms with Gasteiger partial charge in [-0.2, -0.15) is 0 Å². The van der Waals surface area contributed by atoms with Crippen molar-refractivity contribution >= 4 is 17.7 Å². The van der Waals surface area contributed by atoms with Crippen molar-refractivity contribution in [2.24, 2.45) is 0 Å². The lowest BCUT2D eigenvalue weighted by molar-refractivity contribution is -0.158. The second-order valence-corrected chi connectivity index (χ2v) is 9.00. The van der Waals surface area contributed by atoms with Gasteiger partial charge in [-0.05, 0) is 62.9 Å². The molecule has 1 atom stereocenters. The van der Waals surface area contributed by atoms with Gasteiger partial charge in [-0.15, -0.1) is 0 Å². The summed E-state index contributed by atoms with van der Waals surface area (Å²) in [6.45, 7) is 5.06. The molecule has 0 saturated carbocycles. The largest absolute Gasteiger partial charge is 0.351 e. The quantitative estimate of drug-likeness (QED) is 0.755. The zero-order valence-electron chi connectivity index (χ0n) is 18.4. The Bertz CT molecular complexity index is 787. The van der Waals surface area contributed by atoms with Crippen LogP contribution in [0.4, 0.5) is 0 Å². The van der Waals surface area contributed by atoms with Crippen LogP contribution in [0.2, 0.25) is 0 Å². The number of carbonyl (C=O) groups is 3. The average molecular weight is 427 g/mol. The molecule has 0 unspecified atom stereocenters. The van der Waals surface area contributed by atoms with Gasteiger partial charge in [0.25, 0.3) is 5.91 Å². The highest BCUT2D eigenvalue weighted by atomic mass is 16.2. The summed E-state index contributed by atoms with van der Waals surface area (Å²) in [6.07, 6.45) is 7.86. The van der Waals surface area contributed by atoms with E-state index in [0.29, 0.717) is 25.2 Å². The summed E-state index contributed by atoms with van der Waals surface area (Å²) in [6, 6.07) is 7.09. The van der Waals surface area contributed by atoms with Crippen LogP contribution < -0.4 is 5.32 Å². The van der Waals surface area contributed by atoms with Crippen LogP contribution in [-0.2, 0) is 16.1 Å². The van der Waals surface area contributed by atoms with E-state index in [4.69, 9.17) is 0 Å². The van der Waals surface area contributed by atoms with Crippen LogP contribution in [0, 0.1) is 0 Å². The minimum Gasteiger partial charge on any atom is -0.351 e. The predicted molar refractivity (Wildman–Crippen MR) is 118 cm³/mol. The third kappa shape index (κ3) is 5.45. The first-order valence-corrected chi connectivity index (χ1v) is 11.8. The second kappa shape index (κ2) is 10.3. The lowest BCUT2D eigenvalue weighted by atomic mass is 9.98. The maximum absolute atomic E-state index is 12.8. The summed E-state index contributed by atoms with van der Waals surface area (Å²) < 4.78 is 0. The van der Waals surface area contributed by atoms with Gasteiger partial charge in [0.15, 0.2) is 0 Å². The van der Waals surface area contributed by atoms with E-state index in [1.54, 1.807) is 21.9 Å². The first-order chi connectivity index (χ1) is 15.1. The topological polar surface area (TPSA) is 73.0 Å². The molecule has 3 aliphatic heterocycles. The first kappa shape index (κ1) is 21.8. The number of likely N-dealkylation sites (tertiary alicyclic amines) is 1. The Morgan fingerprint density at radius 2 is 1.65 bits per heavy atom. The molecule has 0 aliphatic carbocycles. The maximum atomic E-state index is 12.8. The summed E-state index contributed by atoms with van der Waals surface area (Å²) in [5.41, 5.74) is 1.56. The number of rotatable bonds is 6. The van der Waals surface area contributed by atoms with E-state index in [9.17, 15) is 14.4 Å². The Morgan fingerprint density at radius 1 is 0.935 bits per heavy atom. The first-order valence-electron chi connectivity index (χ1n) is 11.8. The smallest absolute Gasteiger partial charge is 0.251 e. The van der Waals surface area contributed by atoms with E-state index in [0.717, 1.165) is 44.5 Å². The fourth-order valence-electron chi connectivity index (χ4n) is 4.93. The van der Waals surface area contributed by atoms with Gasteiger partial charge in [-0.25, -0.2) is 0 Å². The predicted octanol–water partition coefficient (Wildman–Crippen LogP) is 2.02. The molecule has 0 spiro atoms. The Morgan fingerprint density at radius 3 is 2.39 bits per heavy atom. The number of hydrogen-bond acceptors (Lipinski definition) is 4. The summed E-state index contributed by atoms with van der Waals surface area (Å²) in [4.78, 5) is 43.6. The number of nitrogens with zero attached hydrogens (tertiary/aromatic N) is 3. The van der Waals surface area contributed by atoms with E-state index >= 15 is 0 Å². The molecule has 3 amide bonds. The van der Waals surface area contributed by atoms with Gasteiger partial charge < -0.3 is 20.0 Å². The maximum Gasteiger partial charge on any atom is 0.251 e. The Labute approximate surface area is 184 Å². The van der Waals surface area contributed by atoms with Gasteiger partial charge in [-0.3, -0.25) is 14.4 Å². The normalized spacial score (nSPS) is 22.8. The Hall–Kier alpha value is -2.41. The van der Waals surface area contributed by atoms with E-state index in [-0.39, 0.29) is 30.3 Å². The molecular formula is C24H34N4O3. The van der Waals surface area contributed by atoms with Crippen molar-refractivity contribution < 1.29 is 14.4 Å². The highest BCUT2D eigenvalue weighted by Gasteiger charge is 2.40. The summed E-state index contributed by atoms with van der Waals surface area (Å²) >= 11 is 0. The fourth-order valence-corrected chi connectivity index (χ4v) is 4.93. The molecule has 168 valence electrons. The molecule has 3 heterocycles. The van der Waals surface area contributed by atoms with Crippen molar-refractivity contribution in [2.75, 3.05) is 39.3 Å². The summed E-state index contributed by atoms with van der Waals surface area (Å²) in [5.74, 6) is 0.0304. The molecular weight excluding hydrogens is 392 g/mol. The number of hydrogen-bond donors (Lipinski definition) is 1. The molecule has 1 aromatic carbocycles. The molecule has 7 nitrogen and oxygen atoms in total. The fraction of sp³-hybridized carbons (Fsp3) is 0.625. The number of nitrogens with one attached hydrogen (secondary N) is 1. The number of fused-ring (bicyclic) bond motifs is 1. The Balaban J connectivity index is 1.27. The van der Waals surface area contributed by atoms with Crippen LogP contribution in [0.1, 0.15) is 60.9 Å².